The number of carbonyl (C=O) groups is 1. The van der Waals surface area contributed by atoms with Crippen molar-refractivity contribution < 1.29 is 4.79 Å². The summed E-state index contributed by atoms with van der Waals surface area (Å²) < 4.78 is 1.78. The number of hydrogen-bond donors (Lipinski definition) is 1. The van der Waals surface area contributed by atoms with E-state index in [0.29, 0.717) is 11.6 Å². The maximum atomic E-state index is 12.0. The lowest BCUT2D eigenvalue weighted by molar-refractivity contribution is -0.120. The van der Waals surface area contributed by atoms with E-state index in [1.54, 1.807) is 29.4 Å². The normalized spacial score (nSPS) is 10.8. The zero-order chi connectivity index (χ0) is 14.5. The second-order valence-electron chi connectivity index (χ2n) is 4.62. The van der Waals surface area contributed by atoms with Gasteiger partial charge in [0.05, 0.1) is 18.1 Å². The molecule has 0 unspecified atom stereocenters. The molecule has 2 heterocycles. The third kappa shape index (κ3) is 3.01. The summed E-state index contributed by atoms with van der Waals surface area (Å²) in [6, 6.07) is 0. The highest BCUT2D eigenvalue weighted by Crippen LogP contribution is 2.13. The molecular weight excluding hydrogens is 254 g/mol. The molecule has 0 aliphatic heterocycles. The van der Waals surface area contributed by atoms with Gasteiger partial charge < -0.3 is 5.32 Å². The van der Waals surface area contributed by atoms with Crippen LogP contribution in [0.2, 0.25) is 0 Å². The summed E-state index contributed by atoms with van der Waals surface area (Å²) in [5.41, 5.74) is 0.614. The topological polar surface area (TPSA) is 72.7 Å². The van der Waals surface area contributed by atoms with E-state index >= 15 is 0 Å². The number of rotatable bonds is 5. The molecule has 0 bridgehead atoms. The Hall–Kier alpha value is -2.24. The van der Waals surface area contributed by atoms with Crippen molar-refractivity contribution >= 4 is 11.6 Å². The first-order valence-corrected chi connectivity index (χ1v) is 6.79. The van der Waals surface area contributed by atoms with Gasteiger partial charge in [-0.05, 0) is 19.8 Å². The summed E-state index contributed by atoms with van der Waals surface area (Å²) in [6.45, 7) is 5.90. The Morgan fingerprint density at radius 1 is 1.25 bits per heavy atom. The first-order valence-electron chi connectivity index (χ1n) is 6.79. The molecule has 106 valence electrons. The minimum absolute atomic E-state index is 0.0187. The number of nitrogens with zero attached hydrogens (tertiary/aromatic N) is 4. The Labute approximate surface area is 118 Å². The third-order valence-corrected chi connectivity index (χ3v) is 3.30. The fraction of sp³-hybridized carbons (Fsp3) is 0.429. The van der Waals surface area contributed by atoms with E-state index in [-0.39, 0.29) is 11.8 Å². The SMILES string of the molecule is CCC(CC)C(=O)Nc1cnc(-n2ccnc2C)nc1. The average Bonchev–Trinajstić information content (AvgIpc) is 2.87. The van der Waals surface area contributed by atoms with Crippen LogP contribution in [0, 0.1) is 12.8 Å². The van der Waals surface area contributed by atoms with Crippen molar-refractivity contribution in [1.29, 1.82) is 0 Å². The maximum Gasteiger partial charge on any atom is 0.235 e. The van der Waals surface area contributed by atoms with Gasteiger partial charge in [-0.2, -0.15) is 0 Å². The number of amides is 1. The number of anilines is 1. The van der Waals surface area contributed by atoms with Gasteiger partial charge >= 0.3 is 0 Å². The van der Waals surface area contributed by atoms with Crippen molar-refractivity contribution in [2.45, 2.75) is 33.6 Å². The molecule has 20 heavy (non-hydrogen) atoms. The molecule has 6 heteroatoms. The number of aryl methyl sites for hydroxylation is 1. The van der Waals surface area contributed by atoms with E-state index in [9.17, 15) is 4.79 Å². The van der Waals surface area contributed by atoms with Gasteiger partial charge in [-0.3, -0.25) is 9.36 Å². The number of hydrogen-bond acceptors (Lipinski definition) is 4. The smallest absolute Gasteiger partial charge is 0.235 e. The average molecular weight is 273 g/mol. The van der Waals surface area contributed by atoms with E-state index in [2.05, 4.69) is 20.3 Å². The monoisotopic (exact) mass is 273 g/mol. The fourth-order valence-corrected chi connectivity index (χ4v) is 2.00. The molecule has 2 aromatic heterocycles. The molecule has 0 aliphatic carbocycles. The third-order valence-electron chi connectivity index (χ3n) is 3.30. The van der Waals surface area contributed by atoms with Gasteiger partial charge in [0, 0.05) is 18.3 Å². The second-order valence-corrected chi connectivity index (χ2v) is 4.62. The number of imidazole rings is 1. The van der Waals surface area contributed by atoms with Crippen LogP contribution in [0.15, 0.2) is 24.8 Å². The van der Waals surface area contributed by atoms with Crippen LogP contribution in [0.25, 0.3) is 5.95 Å². The predicted octanol–water partition coefficient (Wildman–Crippen LogP) is 2.35. The van der Waals surface area contributed by atoms with Crippen molar-refractivity contribution in [3.63, 3.8) is 0 Å². The highest BCUT2D eigenvalue weighted by molar-refractivity contribution is 5.92. The number of carbonyl (C=O) groups excluding carboxylic acids is 1. The van der Waals surface area contributed by atoms with Gasteiger partial charge in [-0.15, -0.1) is 0 Å². The van der Waals surface area contributed by atoms with E-state index in [1.165, 1.54) is 0 Å². The maximum absolute atomic E-state index is 12.0. The molecular formula is C14H19N5O. The van der Waals surface area contributed by atoms with Gasteiger partial charge in [0.15, 0.2) is 0 Å². The Kier molecular flexibility index (Phi) is 4.45. The van der Waals surface area contributed by atoms with Crippen LogP contribution in [-0.2, 0) is 4.79 Å². The quantitative estimate of drug-likeness (QED) is 0.907. The number of aromatic nitrogens is 4. The Bertz CT molecular complexity index is 572. The Morgan fingerprint density at radius 2 is 1.90 bits per heavy atom. The molecule has 0 aromatic carbocycles. The van der Waals surface area contributed by atoms with Crippen LogP contribution in [-0.4, -0.2) is 25.4 Å². The summed E-state index contributed by atoms with van der Waals surface area (Å²) in [7, 11) is 0. The molecule has 0 fully saturated rings. The van der Waals surface area contributed by atoms with Crippen LogP contribution >= 0.6 is 0 Å². The van der Waals surface area contributed by atoms with E-state index in [0.717, 1.165) is 18.7 Å². The van der Waals surface area contributed by atoms with Crippen molar-refractivity contribution in [3.8, 4) is 5.95 Å². The molecule has 0 spiro atoms. The van der Waals surface area contributed by atoms with E-state index in [1.807, 2.05) is 20.8 Å². The van der Waals surface area contributed by atoms with E-state index < -0.39 is 0 Å². The van der Waals surface area contributed by atoms with Crippen LogP contribution in [0.1, 0.15) is 32.5 Å². The lowest BCUT2D eigenvalue weighted by Gasteiger charge is -2.12. The zero-order valence-corrected chi connectivity index (χ0v) is 12.0. The lowest BCUT2D eigenvalue weighted by Crippen LogP contribution is -2.21. The van der Waals surface area contributed by atoms with Crippen molar-refractivity contribution in [2.75, 3.05) is 5.32 Å². The Balaban J connectivity index is 2.09. The van der Waals surface area contributed by atoms with Gasteiger partial charge in [0.25, 0.3) is 0 Å². The number of nitrogens with one attached hydrogen (secondary N) is 1. The lowest BCUT2D eigenvalue weighted by atomic mass is 10.0. The van der Waals surface area contributed by atoms with Crippen molar-refractivity contribution in [3.05, 3.63) is 30.6 Å². The highest BCUT2D eigenvalue weighted by atomic mass is 16.1. The van der Waals surface area contributed by atoms with Crippen molar-refractivity contribution in [1.82, 2.24) is 19.5 Å². The summed E-state index contributed by atoms with van der Waals surface area (Å²) in [4.78, 5) is 24.6. The van der Waals surface area contributed by atoms with Crippen molar-refractivity contribution in [2.24, 2.45) is 5.92 Å². The molecule has 0 radical (unpaired) electrons. The van der Waals surface area contributed by atoms with Gasteiger partial charge in [-0.25, -0.2) is 15.0 Å². The predicted molar refractivity (Wildman–Crippen MR) is 76.6 cm³/mol. The zero-order valence-electron chi connectivity index (χ0n) is 12.0. The van der Waals surface area contributed by atoms with Crippen LogP contribution in [0.4, 0.5) is 5.69 Å². The fourth-order valence-electron chi connectivity index (χ4n) is 2.00. The molecule has 1 N–H and O–H groups in total. The molecule has 6 nitrogen and oxygen atoms in total. The van der Waals surface area contributed by atoms with Crippen LogP contribution in [0.3, 0.4) is 0 Å². The minimum Gasteiger partial charge on any atom is -0.323 e. The van der Waals surface area contributed by atoms with Gasteiger partial charge in [0.1, 0.15) is 5.82 Å². The van der Waals surface area contributed by atoms with Gasteiger partial charge in [-0.1, -0.05) is 13.8 Å². The molecule has 0 saturated carbocycles. The first-order chi connectivity index (χ1) is 9.65. The summed E-state index contributed by atoms with van der Waals surface area (Å²) >= 11 is 0. The minimum atomic E-state index is 0.0187. The summed E-state index contributed by atoms with van der Waals surface area (Å²) in [5, 5.41) is 2.84. The van der Waals surface area contributed by atoms with Gasteiger partial charge in [0.2, 0.25) is 11.9 Å². The summed E-state index contributed by atoms with van der Waals surface area (Å²) in [6.07, 6.45) is 8.38. The molecule has 0 aliphatic rings. The second kappa shape index (κ2) is 6.27. The molecule has 0 saturated heterocycles. The first kappa shape index (κ1) is 14.2. The summed E-state index contributed by atoms with van der Waals surface area (Å²) in [5.74, 6) is 1.41. The molecule has 0 atom stereocenters. The van der Waals surface area contributed by atoms with Crippen LogP contribution in [0.5, 0.6) is 0 Å². The largest absolute Gasteiger partial charge is 0.323 e. The van der Waals surface area contributed by atoms with Crippen LogP contribution < -0.4 is 5.32 Å². The van der Waals surface area contributed by atoms with E-state index in [4.69, 9.17) is 0 Å². The molecule has 2 rings (SSSR count). The molecule has 1 amide bonds. The molecule has 2 aromatic rings. The Morgan fingerprint density at radius 3 is 2.40 bits per heavy atom. The standard InChI is InChI=1S/C14H19N5O/c1-4-11(5-2)13(20)18-12-8-16-14(17-9-12)19-7-6-15-10(19)3/h6-9,11H,4-5H2,1-3H3,(H,18,20). The highest BCUT2D eigenvalue weighted by Gasteiger charge is 2.14.